The normalized spacial score (nSPS) is 30.3. The van der Waals surface area contributed by atoms with Crippen molar-refractivity contribution in [3.63, 3.8) is 0 Å². The molecule has 0 aromatic heterocycles. The number of nitrogens with one attached hydrogen (secondary N) is 1. The van der Waals surface area contributed by atoms with Crippen molar-refractivity contribution in [1.82, 2.24) is 5.32 Å². The Bertz CT molecular complexity index is 422. The van der Waals surface area contributed by atoms with Crippen LogP contribution < -0.4 is 5.32 Å². The Morgan fingerprint density at radius 1 is 1.38 bits per heavy atom. The number of carboxylic acid groups (broad SMARTS) is 1. The van der Waals surface area contributed by atoms with Gasteiger partial charge in [-0.1, -0.05) is 12.2 Å². The van der Waals surface area contributed by atoms with Crippen molar-refractivity contribution in [1.29, 1.82) is 0 Å². The fraction of sp³-hybridized carbons (Fsp3) is 0.733. The standard InChI is InChI=1S/C15H23NO5/c1-2-21-13(17)6-4-3-5-7-20-10-15-8-11(14(18)19)16-12(15)9-15/h3,5,11-12,16H,2,4,6-10H2,1H3,(H,18,19)/b5-3+/t11-,12-,15+/m0/s1. The van der Waals surface area contributed by atoms with E-state index in [4.69, 9.17) is 14.6 Å². The molecule has 118 valence electrons. The lowest BCUT2D eigenvalue weighted by atomic mass is 10.0. The van der Waals surface area contributed by atoms with Gasteiger partial charge in [-0.15, -0.1) is 0 Å². The smallest absolute Gasteiger partial charge is 0.320 e. The van der Waals surface area contributed by atoms with Gasteiger partial charge in [0.2, 0.25) is 0 Å². The monoisotopic (exact) mass is 297 g/mol. The molecule has 0 amide bonds. The van der Waals surface area contributed by atoms with Gasteiger partial charge in [-0.05, 0) is 26.2 Å². The fourth-order valence-corrected chi connectivity index (χ4v) is 2.84. The first kappa shape index (κ1) is 16.0. The lowest BCUT2D eigenvalue weighted by Gasteiger charge is -2.12. The number of fused-ring (bicyclic) bond motifs is 1. The number of ether oxygens (including phenoxy) is 2. The van der Waals surface area contributed by atoms with E-state index in [1.165, 1.54) is 0 Å². The van der Waals surface area contributed by atoms with Crippen LogP contribution in [0.4, 0.5) is 0 Å². The maximum Gasteiger partial charge on any atom is 0.320 e. The molecular formula is C15H23NO5. The van der Waals surface area contributed by atoms with E-state index in [1.807, 2.05) is 12.2 Å². The van der Waals surface area contributed by atoms with Crippen molar-refractivity contribution in [3.05, 3.63) is 12.2 Å². The SMILES string of the molecule is CCOC(=O)CC/C=C/COC[C@]12C[C@@H](C(=O)O)N[C@H]1C2. The molecule has 1 heterocycles. The molecule has 2 rings (SSSR count). The third kappa shape index (κ3) is 4.28. The summed E-state index contributed by atoms with van der Waals surface area (Å²) in [4.78, 5) is 22.0. The molecule has 6 heteroatoms. The number of hydrogen-bond donors (Lipinski definition) is 2. The van der Waals surface area contributed by atoms with Gasteiger partial charge in [-0.3, -0.25) is 9.59 Å². The van der Waals surface area contributed by atoms with E-state index in [0.29, 0.717) is 45.1 Å². The average molecular weight is 297 g/mol. The Morgan fingerprint density at radius 2 is 2.19 bits per heavy atom. The Labute approximate surface area is 124 Å². The van der Waals surface area contributed by atoms with Gasteiger partial charge < -0.3 is 19.9 Å². The van der Waals surface area contributed by atoms with Gasteiger partial charge in [0, 0.05) is 17.9 Å². The van der Waals surface area contributed by atoms with Crippen LogP contribution in [0.2, 0.25) is 0 Å². The van der Waals surface area contributed by atoms with E-state index < -0.39 is 12.0 Å². The summed E-state index contributed by atoms with van der Waals surface area (Å²) in [6, 6.07) is -0.126. The second-order valence-electron chi connectivity index (χ2n) is 5.71. The molecule has 0 unspecified atom stereocenters. The molecule has 3 atom stereocenters. The van der Waals surface area contributed by atoms with E-state index in [0.717, 1.165) is 6.42 Å². The van der Waals surface area contributed by atoms with Gasteiger partial charge in [-0.2, -0.15) is 0 Å². The summed E-state index contributed by atoms with van der Waals surface area (Å²) < 4.78 is 10.4. The van der Waals surface area contributed by atoms with Crippen molar-refractivity contribution in [2.24, 2.45) is 5.41 Å². The first-order valence-corrected chi connectivity index (χ1v) is 7.44. The average Bonchev–Trinajstić information content (AvgIpc) is 2.99. The molecule has 1 saturated heterocycles. The minimum Gasteiger partial charge on any atom is -0.480 e. The molecule has 0 aromatic carbocycles. The van der Waals surface area contributed by atoms with Crippen LogP contribution in [0.25, 0.3) is 0 Å². The third-order valence-corrected chi connectivity index (χ3v) is 4.09. The van der Waals surface area contributed by atoms with Gasteiger partial charge in [-0.25, -0.2) is 0 Å². The summed E-state index contributed by atoms with van der Waals surface area (Å²) in [5, 5.41) is 12.1. The first-order valence-electron chi connectivity index (χ1n) is 7.44. The van der Waals surface area contributed by atoms with Crippen LogP contribution in [-0.4, -0.2) is 48.9 Å². The molecule has 6 nitrogen and oxygen atoms in total. The number of aliphatic carboxylic acids is 1. The van der Waals surface area contributed by atoms with Crippen LogP contribution in [-0.2, 0) is 19.1 Å². The number of rotatable bonds is 9. The van der Waals surface area contributed by atoms with Gasteiger partial charge >= 0.3 is 11.9 Å². The Kier molecular flexibility index (Phi) is 5.36. The van der Waals surface area contributed by atoms with E-state index >= 15 is 0 Å². The molecule has 2 N–H and O–H groups in total. The van der Waals surface area contributed by atoms with E-state index in [9.17, 15) is 9.59 Å². The Hall–Kier alpha value is -1.40. The second kappa shape index (κ2) is 7.04. The highest BCUT2D eigenvalue weighted by Gasteiger charge is 2.61. The van der Waals surface area contributed by atoms with Gasteiger partial charge in [0.05, 0.1) is 19.8 Å². The first-order chi connectivity index (χ1) is 10.1. The largest absolute Gasteiger partial charge is 0.480 e. The number of hydrogen-bond acceptors (Lipinski definition) is 5. The molecule has 1 aliphatic carbocycles. The maximum atomic E-state index is 11.1. The molecule has 1 aliphatic heterocycles. The van der Waals surface area contributed by atoms with E-state index in [2.05, 4.69) is 5.32 Å². The zero-order valence-electron chi connectivity index (χ0n) is 12.3. The predicted octanol–water partition coefficient (Wildman–Crippen LogP) is 1.11. The third-order valence-electron chi connectivity index (χ3n) is 4.09. The molecular weight excluding hydrogens is 274 g/mol. The quantitative estimate of drug-likeness (QED) is 0.377. The molecule has 21 heavy (non-hydrogen) atoms. The highest BCUT2D eigenvalue weighted by molar-refractivity contribution is 5.74. The molecule has 0 bridgehead atoms. The van der Waals surface area contributed by atoms with E-state index in [-0.39, 0.29) is 11.4 Å². The zero-order valence-corrected chi connectivity index (χ0v) is 12.3. The number of allylic oxidation sites excluding steroid dienone is 1. The van der Waals surface area contributed by atoms with Gasteiger partial charge in [0.25, 0.3) is 0 Å². The number of carbonyl (C=O) groups is 2. The van der Waals surface area contributed by atoms with Crippen LogP contribution >= 0.6 is 0 Å². The van der Waals surface area contributed by atoms with Crippen molar-refractivity contribution >= 4 is 11.9 Å². The summed E-state index contributed by atoms with van der Waals surface area (Å²) >= 11 is 0. The molecule has 1 saturated carbocycles. The van der Waals surface area contributed by atoms with Crippen LogP contribution in [0.3, 0.4) is 0 Å². The number of esters is 1. The minimum absolute atomic E-state index is 0.0296. The lowest BCUT2D eigenvalue weighted by Crippen LogP contribution is -2.33. The second-order valence-corrected chi connectivity index (χ2v) is 5.71. The van der Waals surface area contributed by atoms with Crippen LogP contribution in [0.5, 0.6) is 0 Å². The molecule has 2 fully saturated rings. The van der Waals surface area contributed by atoms with Crippen molar-refractivity contribution in [2.75, 3.05) is 19.8 Å². The maximum absolute atomic E-state index is 11.1. The summed E-state index contributed by atoms with van der Waals surface area (Å²) in [7, 11) is 0. The summed E-state index contributed by atoms with van der Waals surface area (Å²) in [5.74, 6) is -0.958. The fourth-order valence-electron chi connectivity index (χ4n) is 2.84. The van der Waals surface area contributed by atoms with Crippen molar-refractivity contribution in [2.45, 2.75) is 44.7 Å². The highest BCUT2D eigenvalue weighted by Crippen LogP contribution is 2.54. The Balaban J connectivity index is 1.55. The summed E-state index contributed by atoms with van der Waals surface area (Å²) in [6.45, 7) is 3.30. The molecule has 0 aromatic rings. The van der Waals surface area contributed by atoms with Crippen LogP contribution in [0.1, 0.15) is 32.6 Å². The molecule has 0 radical (unpaired) electrons. The van der Waals surface area contributed by atoms with E-state index in [1.54, 1.807) is 6.92 Å². The molecule has 0 spiro atoms. The van der Waals surface area contributed by atoms with Crippen molar-refractivity contribution in [3.8, 4) is 0 Å². The summed E-state index contributed by atoms with van der Waals surface area (Å²) in [6.07, 6.45) is 6.50. The predicted molar refractivity (Wildman–Crippen MR) is 75.8 cm³/mol. The van der Waals surface area contributed by atoms with Crippen molar-refractivity contribution < 1.29 is 24.2 Å². The van der Waals surface area contributed by atoms with Crippen LogP contribution in [0, 0.1) is 5.41 Å². The number of carbonyl (C=O) groups excluding carboxylic acids is 1. The Morgan fingerprint density at radius 3 is 2.86 bits per heavy atom. The minimum atomic E-state index is -0.777. The highest BCUT2D eigenvalue weighted by atomic mass is 16.5. The van der Waals surface area contributed by atoms with Gasteiger partial charge in [0.15, 0.2) is 0 Å². The number of piperidine rings is 1. The van der Waals surface area contributed by atoms with Crippen LogP contribution in [0.15, 0.2) is 12.2 Å². The zero-order chi connectivity index (χ0) is 15.3. The number of carboxylic acids is 1. The van der Waals surface area contributed by atoms with Gasteiger partial charge in [0.1, 0.15) is 6.04 Å². The topological polar surface area (TPSA) is 84.9 Å². The lowest BCUT2D eigenvalue weighted by molar-refractivity contribution is -0.143. The summed E-state index contributed by atoms with van der Waals surface area (Å²) in [5.41, 5.74) is 0.0296. The molecule has 2 aliphatic rings.